The molecule has 0 atom stereocenters. The Bertz CT molecular complexity index is 1280. The Labute approximate surface area is 213 Å². The summed E-state index contributed by atoms with van der Waals surface area (Å²) in [5.41, 5.74) is 9.02. The quantitative estimate of drug-likeness (QED) is 0.345. The number of hydrogen-bond donors (Lipinski definition) is 1. The van der Waals surface area contributed by atoms with Crippen LogP contribution >= 0.6 is 12.4 Å². The Morgan fingerprint density at radius 3 is 2.54 bits per heavy atom. The van der Waals surface area contributed by atoms with Crippen molar-refractivity contribution in [3.05, 3.63) is 42.7 Å². The lowest BCUT2D eigenvalue weighted by atomic mass is 9.93. The van der Waals surface area contributed by atoms with Crippen LogP contribution in [0.4, 0.5) is 5.82 Å². The molecule has 0 spiro atoms. The van der Waals surface area contributed by atoms with Crippen LogP contribution in [-0.4, -0.2) is 50.9 Å². The molecule has 8 heteroatoms. The van der Waals surface area contributed by atoms with E-state index >= 15 is 0 Å². The van der Waals surface area contributed by atoms with E-state index in [-0.39, 0.29) is 12.4 Å². The lowest BCUT2D eigenvalue weighted by Gasteiger charge is -2.31. The third kappa shape index (κ3) is 5.36. The van der Waals surface area contributed by atoms with Crippen LogP contribution in [0.3, 0.4) is 0 Å². The van der Waals surface area contributed by atoms with Crippen LogP contribution in [-0.2, 0) is 6.54 Å². The van der Waals surface area contributed by atoms with E-state index in [0.29, 0.717) is 12.4 Å². The van der Waals surface area contributed by atoms with Crippen molar-refractivity contribution in [3.63, 3.8) is 0 Å². The van der Waals surface area contributed by atoms with Crippen LogP contribution in [0.5, 0.6) is 5.75 Å². The summed E-state index contributed by atoms with van der Waals surface area (Å²) in [6, 6.07) is 12.5. The third-order valence-corrected chi connectivity index (χ3v) is 6.95. The summed E-state index contributed by atoms with van der Waals surface area (Å²) in [5, 5.41) is 8.11. The molecule has 186 valence electrons. The van der Waals surface area contributed by atoms with Crippen molar-refractivity contribution in [2.75, 3.05) is 32.0 Å². The molecule has 0 saturated carbocycles. The molecule has 5 rings (SSSR count). The van der Waals surface area contributed by atoms with Crippen LogP contribution in [0.15, 0.2) is 42.7 Å². The minimum Gasteiger partial charge on any atom is -0.494 e. The molecule has 1 saturated heterocycles. The van der Waals surface area contributed by atoms with Crippen LogP contribution in [0.2, 0.25) is 0 Å². The van der Waals surface area contributed by atoms with Crippen LogP contribution in [0.25, 0.3) is 33.1 Å². The molecule has 2 aromatic heterocycles. The van der Waals surface area contributed by atoms with E-state index < -0.39 is 0 Å². The summed E-state index contributed by atoms with van der Waals surface area (Å²) >= 11 is 0. The number of benzene rings is 2. The fourth-order valence-corrected chi connectivity index (χ4v) is 5.14. The van der Waals surface area contributed by atoms with E-state index in [9.17, 15) is 0 Å². The number of nitrogens with two attached hydrogens (primary N) is 1. The SMILES string of the molecule is CCCN1CCC(CCn2nc(-c3ccc4cc(OCC)ccc4c3)c3c(N)ncnc32)CC1.Cl. The molecule has 0 radical (unpaired) electrons. The Kier molecular flexibility index (Phi) is 8.08. The zero-order valence-electron chi connectivity index (χ0n) is 20.6. The summed E-state index contributed by atoms with van der Waals surface area (Å²) in [6.45, 7) is 9.39. The molecule has 0 bridgehead atoms. The highest BCUT2D eigenvalue weighted by Gasteiger charge is 2.21. The first kappa shape index (κ1) is 25.2. The van der Waals surface area contributed by atoms with Gasteiger partial charge in [-0.25, -0.2) is 14.6 Å². The Hall–Kier alpha value is -2.90. The molecule has 7 nitrogen and oxygen atoms in total. The maximum atomic E-state index is 6.33. The van der Waals surface area contributed by atoms with Crippen LogP contribution in [0, 0.1) is 5.92 Å². The molecular weight excluding hydrogens is 460 g/mol. The first-order valence-electron chi connectivity index (χ1n) is 12.5. The fraction of sp³-hybridized carbons (Fsp3) is 0.444. The zero-order chi connectivity index (χ0) is 23.5. The number of nitrogens with zero attached hydrogens (tertiary/aromatic N) is 5. The number of piperidine rings is 1. The van der Waals surface area contributed by atoms with Crippen molar-refractivity contribution < 1.29 is 4.74 Å². The molecule has 1 fully saturated rings. The Morgan fingerprint density at radius 1 is 1.00 bits per heavy atom. The summed E-state index contributed by atoms with van der Waals surface area (Å²) in [7, 11) is 0. The standard InChI is InChI=1S/C27H34N6O.ClH/c1-3-12-32-13-9-19(10-14-32)11-15-33-27-24(26(28)29-18-30-27)25(31-33)22-6-5-21-17-23(34-4-2)8-7-20(21)16-22;/h5-8,16-19H,3-4,9-15H2,1-2H3,(H2,28,29,30);1H. The molecule has 2 aromatic carbocycles. The van der Waals surface area contributed by atoms with Gasteiger partial charge in [-0.3, -0.25) is 0 Å². The topological polar surface area (TPSA) is 82.1 Å². The van der Waals surface area contributed by atoms with Gasteiger partial charge in [0.2, 0.25) is 0 Å². The first-order chi connectivity index (χ1) is 16.7. The maximum absolute atomic E-state index is 6.33. The fourth-order valence-electron chi connectivity index (χ4n) is 5.14. The van der Waals surface area contributed by atoms with E-state index in [2.05, 4.69) is 52.1 Å². The predicted molar refractivity (Wildman–Crippen MR) is 145 cm³/mol. The van der Waals surface area contributed by atoms with Gasteiger partial charge < -0.3 is 15.4 Å². The van der Waals surface area contributed by atoms with Gasteiger partial charge in [-0.1, -0.05) is 25.1 Å². The predicted octanol–water partition coefficient (Wildman–Crippen LogP) is 5.56. The highest BCUT2D eigenvalue weighted by atomic mass is 35.5. The summed E-state index contributed by atoms with van der Waals surface area (Å²) in [6.07, 6.45) is 6.40. The van der Waals surface area contributed by atoms with E-state index in [1.807, 2.05) is 17.7 Å². The van der Waals surface area contributed by atoms with Gasteiger partial charge in [0.1, 0.15) is 23.6 Å². The number of halogens is 1. The average Bonchev–Trinajstić information content (AvgIpc) is 3.24. The van der Waals surface area contributed by atoms with Gasteiger partial charge in [0.15, 0.2) is 5.65 Å². The van der Waals surface area contributed by atoms with Crippen molar-refractivity contribution in [1.29, 1.82) is 0 Å². The van der Waals surface area contributed by atoms with Gasteiger partial charge >= 0.3 is 0 Å². The monoisotopic (exact) mass is 494 g/mol. The Morgan fingerprint density at radius 2 is 1.77 bits per heavy atom. The van der Waals surface area contributed by atoms with E-state index in [1.165, 1.54) is 38.9 Å². The smallest absolute Gasteiger partial charge is 0.163 e. The van der Waals surface area contributed by atoms with E-state index in [1.54, 1.807) is 6.33 Å². The molecule has 4 aromatic rings. The van der Waals surface area contributed by atoms with Crippen molar-refractivity contribution in [2.24, 2.45) is 5.92 Å². The largest absolute Gasteiger partial charge is 0.494 e. The number of aryl methyl sites for hydroxylation is 1. The highest BCUT2D eigenvalue weighted by molar-refractivity contribution is 6.00. The molecule has 0 amide bonds. The highest BCUT2D eigenvalue weighted by Crippen LogP contribution is 2.33. The first-order valence-corrected chi connectivity index (χ1v) is 12.5. The average molecular weight is 495 g/mol. The van der Waals surface area contributed by atoms with Crippen LogP contribution in [0.1, 0.15) is 39.5 Å². The number of rotatable bonds is 8. The Balaban J connectivity index is 0.00000289. The number of ether oxygens (including phenoxy) is 1. The van der Waals surface area contributed by atoms with Gasteiger partial charge in [-0.2, -0.15) is 5.10 Å². The number of likely N-dealkylation sites (tertiary alicyclic amines) is 1. The minimum absolute atomic E-state index is 0. The normalized spacial score (nSPS) is 14.9. The summed E-state index contributed by atoms with van der Waals surface area (Å²) in [4.78, 5) is 11.4. The lowest BCUT2D eigenvalue weighted by Crippen LogP contribution is -2.34. The van der Waals surface area contributed by atoms with Crippen molar-refractivity contribution in [1.82, 2.24) is 24.6 Å². The molecule has 2 N–H and O–H groups in total. The van der Waals surface area contributed by atoms with Crippen molar-refractivity contribution >= 4 is 40.0 Å². The second kappa shape index (κ2) is 11.2. The van der Waals surface area contributed by atoms with E-state index in [4.69, 9.17) is 15.6 Å². The van der Waals surface area contributed by atoms with Crippen LogP contribution < -0.4 is 10.5 Å². The zero-order valence-corrected chi connectivity index (χ0v) is 21.4. The molecular formula is C27H35ClN6O. The number of anilines is 1. The molecule has 35 heavy (non-hydrogen) atoms. The van der Waals surface area contributed by atoms with Gasteiger partial charge in [-0.05, 0) is 87.1 Å². The second-order valence-corrected chi connectivity index (χ2v) is 9.26. The van der Waals surface area contributed by atoms with Gasteiger partial charge in [0, 0.05) is 12.1 Å². The number of fused-ring (bicyclic) bond motifs is 2. The molecule has 3 heterocycles. The molecule has 0 aliphatic carbocycles. The maximum Gasteiger partial charge on any atom is 0.163 e. The second-order valence-electron chi connectivity index (χ2n) is 9.26. The molecule has 1 aliphatic rings. The third-order valence-electron chi connectivity index (χ3n) is 6.95. The van der Waals surface area contributed by atoms with Crippen molar-refractivity contribution in [3.8, 4) is 17.0 Å². The number of nitrogen functional groups attached to an aromatic ring is 1. The minimum atomic E-state index is 0. The molecule has 1 aliphatic heterocycles. The summed E-state index contributed by atoms with van der Waals surface area (Å²) in [5.74, 6) is 2.09. The van der Waals surface area contributed by atoms with Crippen molar-refractivity contribution in [2.45, 2.75) is 46.1 Å². The van der Waals surface area contributed by atoms with Gasteiger partial charge in [0.05, 0.1) is 12.0 Å². The lowest BCUT2D eigenvalue weighted by molar-refractivity contribution is 0.175. The number of hydrogen-bond acceptors (Lipinski definition) is 6. The van der Waals surface area contributed by atoms with Gasteiger partial charge in [0.25, 0.3) is 0 Å². The molecule has 0 unspecified atom stereocenters. The summed E-state index contributed by atoms with van der Waals surface area (Å²) < 4.78 is 7.68. The number of aromatic nitrogens is 4. The van der Waals surface area contributed by atoms with E-state index in [0.717, 1.165) is 57.7 Å². The van der Waals surface area contributed by atoms with Gasteiger partial charge in [-0.15, -0.1) is 12.4 Å².